The summed E-state index contributed by atoms with van der Waals surface area (Å²) in [6.07, 6.45) is 1.13. The Morgan fingerprint density at radius 2 is 1.90 bits per heavy atom. The number of nitrogens with one attached hydrogen (secondary N) is 1. The van der Waals surface area contributed by atoms with Gasteiger partial charge in [-0.15, -0.1) is 11.3 Å². The highest BCUT2D eigenvalue weighted by Crippen LogP contribution is 2.35. The van der Waals surface area contributed by atoms with Crippen LogP contribution in [0.15, 0.2) is 33.2 Å². The zero-order valence-electron chi connectivity index (χ0n) is 12.0. The molecule has 108 valence electrons. The number of aryl methyl sites for hydroxylation is 2. The minimum Gasteiger partial charge on any atom is -0.306 e. The first-order valence-corrected chi connectivity index (χ1v) is 9.18. The molecule has 1 atom stereocenters. The minimum atomic E-state index is 0.252. The van der Waals surface area contributed by atoms with E-state index in [1.54, 1.807) is 0 Å². The standard InChI is InChI=1S/C16H19Br2NS/c1-4-7-19-16(14-8-10(2)20-11(14)3)13-6-5-12(17)9-15(13)18/h5-6,8-9,16,19H,4,7H2,1-3H3. The molecule has 2 rings (SSSR count). The molecule has 0 aliphatic rings. The lowest BCUT2D eigenvalue weighted by Gasteiger charge is -2.21. The quantitative estimate of drug-likeness (QED) is 0.632. The molecule has 0 aliphatic carbocycles. The first kappa shape index (κ1) is 16.2. The van der Waals surface area contributed by atoms with Crippen molar-refractivity contribution in [2.24, 2.45) is 0 Å². The Kier molecular flexibility index (Phi) is 5.84. The molecular weight excluding hydrogens is 398 g/mol. The first-order chi connectivity index (χ1) is 9.52. The van der Waals surface area contributed by atoms with E-state index in [0.29, 0.717) is 0 Å². The lowest BCUT2D eigenvalue weighted by atomic mass is 9.99. The van der Waals surface area contributed by atoms with Crippen molar-refractivity contribution < 1.29 is 0 Å². The maximum Gasteiger partial charge on any atom is 0.0598 e. The summed E-state index contributed by atoms with van der Waals surface area (Å²) in [5.41, 5.74) is 2.69. The van der Waals surface area contributed by atoms with Crippen LogP contribution in [0.1, 0.15) is 40.3 Å². The molecule has 1 nitrogen and oxygen atoms in total. The predicted octanol–water partition coefficient (Wildman–Crippen LogP) is 5.98. The van der Waals surface area contributed by atoms with E-state index in [0.717, 1.165) is 21.9 Å². The van der Waals surface area contributed by atoms with Gasteiger partial charge < -0.3 is 5.32 Å². The van der Waals surface area contributed by atoms with E-state index >= 15 is 0 Å². The van der Waals surface area contributed by atoms with Gasteiger partial charge in [0.05, 0.1) is 6.04 Å². The van der Waals surface area contributed by atoms with Gasteiger partial charge in [0.1, 0.15) is 0 Å². The zero-order chi connectivity index (χ0) is 14.7. The van der Waals surface area contributed by atoms with Crippen molar-refractivity contribution >= 4 is 43.2 Å². The smallest absolute Gasteiger partial charge is 0.0598 e. The zero-order valence-corrected chi connectivity index (χ0v) is 16.0. The molecule has 1 aromatic carbocycles. The van der Waals surface area contributed by atoms with E-state index in [1.807, 2.05) is 11.3 Å². The van der Waals surface area contributed by atoms with Crippen molar-refractivity contribution in [1.82, 2.24) is 5.32 Å². The van der Waals surface area contributed by atoms with Gasteiger partial charge in [-0.25, -0.2) is 0 Å². The second-order valence-corrected chi connectivity index (χ2v) is 8.15. The molecule has 0 radical (unpaired) electrons. The second kappa shape index (κ2) is 7.21. The van der Waals surface area contributed by atoms with Crippen LogP contribution in [0, 0.1) is 13.8 Å². The van der Waals surface area contributed by atoms with Crippen LogP contribution in [0.2, 0.25) is 0 Å². The monoisotopic (exact) mass is 415 g/mol. The third-order valence-corrected chi connectivity index (χ3v) is 5.42. The van der Waals surface area contributed by atoms with Gasteiger partial charge in [0, 0.05) is 18.7 Å². The van der Waals surface area contributed by atoms with Crippen LogP contribution in [0.3, 0.4) is 0 Å². The largest absolute Gasteiger partial charge is 0.306 e. The van der Waals surface area contributed by atoms with Crippen molar-refractivity contribution in [2.75, 3.05) is 6.54 Å². The normalized spacial score (nSPS) is 12.7. The number of hydrogen-bond acceptors (Lipinski definition) is 2. The van der Waals surface area contributed by atoms with Crippen LogP contribution in [0.25, 0.3) is 0 Å². The molecule has 20 heavy (non-hydrogen) atoms. The summed E-state index contributed by atoms with van der Waals surface area (Å²) in [5, 5.41) is 3.68. The number of halogens is 2. The second-order valence-electron chi connectivity index (χ2n) is 4.92. The van der Waals surface area contributed by atoms with Crippen molar-refractivity contribution in [3.63, 3.8) is 0 Å². The third-order valence-electron chi connectivity index (χ3n) is 3.26. The van der Waals surface area contributed by atoms with Crippen molar-refractivity contribution in [2.45, 2.75) is 33.2 Å². The van der Waals surface area contributed by atoms with E-state index in [4.69, 9.17) is 0 Å². The van der Waals surface area contributed by atoms with Crippen LogP contribution in [0.5, 0.6) is 0 Å². The van der Waals surface area contributed by atoms with E-state index in [1.165, 1.54) is 20.9 Å². The third kappa shape index (κ3) is 3.73. The Morgan fingerprint density at radius 1 is 1.15 bits per heavy atom. The lowest BCUT2D eigenvalue weighted by Crippen LogP contribution is -2.23. The van der Waals surface area contributed by atoms with Crippen LogP contribution in [0.4, 0.5) is 0 Å². The highest BCUT2D eigenvalue weighted by Gasteiger charge is 2.19. The average molecular weight is 417 g/mol. The number of thiophene rings is 1. The Morgan fingerprint density at radius 3 is 2.45 bits per heavy atom. The Balaban J connectivity index is 2.44. The van der Waals surface area contributed by atoms with Gasteiger partial charge in [-0.05, 0) is 56.1 Å². The fraction of sp³-hybridized carbons (Fsp3) is 0.375. The van der Waals surface area contributed by atoms with Gasteiger partial charge in [0.15, 0.2) is 0 Å². The molecule has 0 saturated carbocycles. The Hall–Kier alpha value is -0.160. The molecule has 1 aromatic heterocycles. The van der Waals surface area contributed by atoms with E-state index < -0.39 is 0 Å². The molecule has 0 amide bonds. The van der Waals surface area contributed by atoms with Gasteiger partial charge in [0.25, 0.3) is 0 Å². The summed E-state index contributed by atoms with van der Waals surface area (Å²) in [5.74, 6) is 0. The molecule has 0 saturated heterocycles. The number of benzene rings is 1. The molecular formula is C16H19Br2NS. The first-order valence-electron chi connectivity index (χ1n) is 6.78. The summed E-state index contributed by atoms with van der Waals surface area (Å²) in [7, 11) is 0. The maximum atomic E-state index is 3.70. The number of hydrogen-bond donors (Lipinski definition) is 1. The summed E-state index contributed by atoms with van der Waals surface area (Å²) in [4.78, 5) is 2.76. The number of rotatable bonds is 5. The van der Waals surface area contributed by atoms with Crippen LogP contribution < -0.4 is 5.32 Å². The summed E-state index contributed by atoms with van der Waals surface area (Å²) < 4.78 is 2.24. The Bertz CT molecular complexity index is 592. The van der Waals surface area contributed by atoms with Gasteiger partial charge in [-0.1, -0.05) is 44.8 Å². The van der Waals surface area contributed by atoms with E-state index in [9.17, 15) is 0 Å². The molecule has 1 unspecified atom stereocenters. The van der Waals surface area contributed by atoms with Crippen molar-refractivity contribution in [3.05, 3.63) is 54.1 Å². The lowest BCUT2D eigenvalue weighted by molar-refractivity contribution is 0.596. The fourth-order valence-electron chi connectivity index (χ4n) is 2.35. The Labute approximate surface area is 142 Å². The van der Waals surface area contributed by atoms with Crippen LogP contribution in [-0.4, -0.2) is 6.54 Å². The highest BCUT2D eigenvalue weighted by molar-refractivity contribution is 9.11. The van der Waals surface area contributed by atoms with Crippen molar-refractivity contribution in [1.29, 1.82) is 0 Å². The predicted molar refractivity (Wildman–Crippen MR) is 95.8 cm³/mol. The molecule has 0 fully saturated rings. The fourth-order valence-corrected chi connectivity index (χ4v) is 4.59. The van der Waals surface area contributed by atoms with Crippen LogP contribution >= 0.6 is 43.2 Å². The topological polar surface area (TPSA) is 12.0 Å². The summed E-state index contributed by atoms with van der Waals surface area (Å²) >= 11 is 9.10. The van der Waals surface area contributed by atoms with Gasteiger partial charge in [0.2, 0.25) is 0 Å². The molecule has 0 aliphatic heterocycles. The summed E-state index contributed by atoms with van der Waals surface area (Å²) in [6.45, 7) is 7.60. The van der Waals surface area contributed by atoms with Crippen LogP contribution in [-0.2, 0) is 0 Å². The van der Waals surface area contributed by atoms with E-state index in [2.05, 4.69) is 82.2 Å². The molecule has 4 heteroatoms. The van der Waals surface area contributed by atoms with Crippen molar-refractivity contribution in [3.8, 4) is 0 Å². The van der Waals surface area contributed by atoms with E-state index in [-0.39, 0.29) is 6.04 Å². The average Bonchev–Trinajstić information content (AvgIpc) is 2.71. The molecule has 2 aromatic rings. The van der Waals surface area contributed by atoms with Gasteiger partial charge in [-0.3, -0.25) is 0 Å². The SMILES string of the molecule is CCCNC(c1ccc(Br)cc1Br)c1cc(C)sc1C. The summed E-state index contributed by atoms with van der Waals surface area (Å²) in [6, 6.07) is 8.97. The van der Waals surface area contributed by atoms with Gasteiger partial charge >= 0.3 is 0 Å². The molecule has 1 heterocycles. The molecule has 0 bridgehead atoms. The maximum absolute atomic E-state index is 3.70. The minimum absolute atomic E-state index is 0.252. The van der Waals surface area contributed by atoms with Gasteiger partial charge in [-0.2, -0.15) is 0 Å². The highest BCUT2D eigenvalue weighted by atomic mass is 79.9. The molecule has 0 spiro atoms. The molecule has 1 N–H and O–H groups in total.